The highest BCUT2D eigenvalue weighted by Gasteiger charge is 2.39. The molecule has 10 rings (SSSR count). The number of nitrogens with zero attached hydrogens (tertiary/aromatic N) is 6. The lowest BCUT2D eigenvalue weighted by molar-refractivity contribution is -0.137. The minimum atomic E-state index is -0.602. The summed E-state index contributed by atoms with van der Waals surface area (Å²) >= 11 is 0. The van der Waals surface area contributed by atoms with Gasteiger partial charge < -0.3 is 35.0 Å². The third-order valence-electron chi connectivity index (χ3n) is 13.4. The van der Waals surface area contributed by atoms with Crippen LogP contribution in [0, 0.1) is 5.92 Å². The number of rotatable bonds is 8. The summed E-state index contributed by atoms with van der Waals surface area (Å²) in [6.45, 7) is 7.10. The maximum Gasteiger partial charge on any atom is 0.262 e. The Bertz CT molecular complexity index is 2370. The Kier molecular flexibility index (Phi) is 10.1. The van der Waals surface area contributed by atoms with E-state index in [1.54, 1.807) is 23.1 Å². The zero-order valence-corrected chi connectivity index (χ0v) is 33.8. The Balaban J connectivity index is 0.757. The van der Waals surface area contributed by atoms with Crippen molar-refractivity contribution in [3.8, 4) is 5.75 Å². The first-order valence-electron chi connectivity index (χ1n) is 21.6. The molecule has 15 nitrogen and oxygen atoms in total. The highest BCUT2D eigenvalue weighted by molar-refractivity contribution is 6.11. The number of imide groups is 1. The number of hydrogen-bond donors (Lipinski definition) is 3. The number of ether oxygens (including phenoxy) is 1. The number of fused-ring (bicyclic) bond motifs is 3. The molecule has 6 aliphatic heterocycles. The number of benzene rings is 3. The molecule has 6 aliphatic rings. The van der Waals surface area contributed by atoms with Gasteiger partial charge in [0.1, 0.15) is 6.04 Å². The van der Waals surface area contributed by atoms with Crippen molar-refractivity contribution in [1.29, 1.82) is 0 Å². The van der Waals surface area contributed by atoms with E-state index in [9.17, 15) is 24.0 Å². The van der Waals surface area contributed by atoms with E-state index in [1.807, 2.05) is 12.1 Å². The monoisotopic (exact) mass is 813 g/mol. The Morgan fingerprint density at radius 1 is 0.833 bits per heavy atom. The van der Waals surface area contributed by atoms with Gasteiger partial charge in [0.25, 0.3) is 17.7 Å². The van der Waals surface area contributed by atoms with E-state index in [4.69, 9.17) is 9.84 Å². The van der Waals surface area contributed by atoms with E-state index in [1.165, 1.54) is 6.42 Å². The van der Waals surface area contributed by atoms with Gasteiger partial charge in [0.2, 0.25) is 11.8 Å². The third-order valence-corrected chi connectivity index (χ3v) is 13.4. The molecule has 60 heavy (non-hydrogen) atoms. The molecule has 3 N–H and O–H groups in total. The quantitative estimate of drug-likeness (QED) is 0.208. The van der Waals surface area contributed by atoms with Gasteiger partial charge in [0.15, 0.2) is 12.4 Å². The number of hydrogen-bond acceptors (Lipinski definition) is 10. The molecule has 1 unspecified atom stereocenters. The van der Waals surface area contributed by atoms with Crippen LogP contribution < -0.4 is 30.5 Å². The number of para-hydroxylation sites is 1. The summed E-state index contributed by atoms with van der Waals surface area (Å²) in [5, 5.41) is 14.5. The van der Waals surface area contributed by atoms with Crippen molar-refractivity contribution in [2.24, 2.45) is 5.92 Å². The summed E-state index contributed by atoms with van der Waals surface area (Å²) < 4.78 is 7.83. The number of likely N-dealkylation sites (tertiary alicyclic amines) is 1. The molecule has 4 fully saturated rings. The lowest BCUT2D eigenvalue weighted by atomic mass is 9.94. The Labute approximate surface area is 348 Å². The van der Waals surface area contributed by atoms with Crippen LogP contribution in [0.15, 0.2) is 54.7 Å². The smallest absolute Gasteiger partial charge is 0.262 e. The third kappa shape index (κ3) is 7.43. The summed E-state index contributed by atoms with van der Waals surface area (Å²) in [7, 11) is 0. The van der Waals surface area contributed by atoms with Crippen LogP contribution in [0.1, 0.15) is 90.1 Å². The largest absolute Gasteiger partial charge is 0.481 e. The molecule has 3 aromatic carbocycles. The molecule has 4 aromatic rings. The average Bonchev–Trinajstić information content (AvgIpc) is 3.83. The zero-order valence-electron chi connectivity index (χ0n) is 33.8. The van der Waals surface area contributed by atoms with E-state index in [0.717, 1.165) is 118 Å². The first kappa shape index (κ1) is 38.3. The van der Waals surface area contributed by atoms with Gasteiger partial charge in [-0.25, -0.2) is 0 Å². The van der Waals surface area contributed by atoms with Crippen molar-refractivity contribution in [2.75, 3.05) is 72.9 Å². The fourth-order valence-corrected chi connectivity index (χ4v) is 10.1. The Morgan fingerprint density at radius 2 is 1.65 bits per heavy atom. The predicted octanol–water partition coefficient (Wildman–Crippen LogP) is 4.92. The van der Waals surface area contributed by atoms with Crippen LogP contribution in [-0.4, -0.2) is 108 Å². The maximum atomic E-state index is 13.8. The van der Waals surface area contributed by atoms with E-state index in [2.05, 4.69) is 59.7 Å². The lowest BCUT2D eigenvalue weighted by Crippen LogP contribution is -2.52. The van der Waals surface area contributed by atoms with Crippen LogP contribution in [0.2, 0.25) is 0 Å². The number of piperidine rings is 4. The number of carbonyl (C=O) groups is 5. The topological polar surface area (TPSA) is 161 Å². The van der Waals surface area contributed by atoms with Gasteiger partial charge in [-0.1, -0.05) is 12.1 Å². The normalized spacial score (nSPS) is 21.7. The molecule has 0 aliphatic carbocycles. The lowest BCUT2D eigenvalue weighted by Gasteiger charge is -2.38. The van der Waals surface area contributed by atoms with Gasteiger partial charge in [-0.3, -0.25) is 34.0 Å². The summed E-state index contributed by atoms with van der Waals surface area (Å²) in [5.74, 6) is -0.322. The van der Waals surface area contributed by atoms with Crippen molar-refractivity contribution in [3.05, 3.63) is 71.4 Å². The summed E-state index contributed by atoms with van der Waals surface area (Å²) in [6.07, 6.45) is 10.4. The average molecular weight is 814 g/mol. The molecule has 15 heteroatoms. The van der Waals surface area contributed by atoms with Crippen LogP contribution in [-0.2, 0) is 20.9 Å². The maximum absolute atomic E-state index is 13.8. The van der Waals surface area contributed by atoms with Crippen molar-refractivity contribution < 1.29 is 28.7 Å². The fourth-order valence-electron chi connectivity index (χ4n) is 10.1. The standard InChI is InChI=1S/C45H51N9O6/c55-40-10-9-38(44(58)48-40)53-25-29-7-8-32(22-34(29)45(53)59)51-19-11-28(12-20-51)24-50-17-13-31(14-18-50)54-26-30-21-37(39(23-36(30)49-54)52-15-2-1-3-16-52)47-43(57)33-5-4-6-35-42(33)60-27-41(56)46-35/h4-8,21-23,26,28,31,38H,1-3,9-20,24-25,27H2,(H,46,56)(H,47,57)(H,48,55,58). The van der Waals surface area contributed by atoms with Crippen LogP contribution >= 0.6 is 0 Å². The Hall–Kier alpha value is -5.96. The van der Waals surface area contributed by atoms with Gasteiger partial charge in [0, 0.05) is 81.6 Å². The molecule has 1 atom stereocenters. The van der Waals surface area contributed by atoms with Crippen LogP contribution in [0.25, 0.3) is 10.9 Å². The number of anilines is 4. The highest BCUT2D eigenvalue weighted by Crippen LogP contribution is 2.38. The Morgan fingerprint density at radius 3 is 2.45 bits per heavy atom. The second-order valence-electron chi connectivity index (χ2n) is 17.3. The molecule has 0 saturated carbocycles. The van der Waals surface area contributed by atoms with Gasteiger partial charge in [-0.05, 0) is 99.2 Å². The van der Waals surface area contributed by atoms with Crippen molar-refractivity contribution >= 4 is 63.2 Å². The van der Waals surface area contributed by atoms with Gasteiger partial charge in [-0.2, -0.15) is 5.10 Å². The molecule has 0 spiro atoms. The molecular weight excluding hydrogens is 763 g/mol. The highest BCUT2D eigenvalue weighted by atomic mass is 16.5. The summed E-state index contributed by atoms with van der Waals surface area (Å²) in [5.41, 5.74) is 6.16. The van der Waals surface area contributed by atoms with Crippen molar-refractivity contribution in [1.82, 2.24) is 24.9 Å². The van der Waals surface area contributed by atoms with Gasteiger partial charge in [-0.15, -0.1) is 0 Å². The van der Waals surface area contributed by atoms with Crippen LogP contribution in [0.3, 0.4) is 0 Å². The SMILES string of the molecule is O=C1CCC(N2Cc3ccc(N4CCC(CN5CCC(n6cc7cc(NC(=O)c8cccc9c8OCC(=O)N9)c(N8CCCCC8)cc7n6)CC5)CC4)cc3C2=O)C(=O)N1. The van der Waals surface area contributed by atoms with Gasteiger partial charge in [0.05, 0.1) is 34.2 Å². The minimum Gasteiger partial charge on any atom is -0.481 e. The second-order valence-corrected chi connectivity index (χ2v) is 17.3. The van der Waals surface area contributed by atoms with E-state index in [0.29, 0.717) is 47.5 Å². The molecule has 0 bridgehead atoms. The summed E-state index contributed by atoms with van der Waals surface area (Å²) in [6, 6.07) is 15.2. The first-order valence-corrected chi connectivity index (χ1v) is 21.6. The predicted molar refractivity (Wildman–Crippen MR) is 226 cm³/mol. The fraction of sp³-hybridized carbons (Fsp3) is 0.467. The molecule has 0 radical (unpaired) electrons. The molecule has 7 heterocycles. The molecule has 312 valence electrons. The molecule has 5 amide bonds. The number of carbonyl (C=O) groups excluding carboxylic acids is 5. The number of nitrogens with one attached hydrogen (secondary N) is 3. The molecular formula is C45H51N9O6. The zero-order chi connectivity index (χ0) is 40.9. The second kappa shape index (κ2) is 15.9. The molecule has 1 aromatic heterocycles. The van der Waals surface area contributed by atoms with Crippen LogP contribution in [0.5, 0.6) is 5.75 Å². The van der Waals surface area contributed by atoms with E-state index in [-0.39, 0.29) is 42.6 Å². The number of amides is 5. The van der Waals surface area contributed by atoms with Gasteiger partial charge >= 0.3 is 0 Å². The minimum absolute atomic E-state index is 0.126. The van der Waals surface area contributed by atoms with Crippen molar-refractivity contribution in [2.45, 2.75) is 76.4 Å². The summed E-state index contributed by atoms with van der Waals surface area (Å²) in [4.78, 5) is 72.2. The van der Waals surface area contributed by atoms with Crippen LogP contribution in [0.4, 0.5) is 22.7 Å². The van der Waals surface area contributed by atoms with E-state index >= 15 is 0 Å². The number of aromatic nitrogens is 2. The molecule has 4 saturated heterocycles. The van der Waals surface area contributed by atoms with E-state index < -0.39 is 6.04 Å². The first-order chi connectivity index (χ1) is 29.2. The van der Waals surface area contributed by atoms with Crippen molar-refractivity contribution in [3.63, 3.8) is 0 Å².